The molecule has 0 aliphatic rings. The first kappa shape index (κ1) is 40.9. The van der Waals surface area contributed by atoms with Crippen LogP contribution in [0.25, 0.3) is 33.8 Å². The van der Waals surface area contributed by atoms with E-state index in [1.54, 1.807) is 50.5 Å². The molecule has 0 saturated carbocycles. The summed E-state index contributed by atoms with van der Waals surface area (Å²) >= 11 is 0. The molecule has 0 bridgehead atoms. The van der Waals surface area contributed by atoms with Crippen molar-refractivity contribution >= 4 is 35.0 Å². The van der Waals surface area contributed by atoms with E-state index in [2.05, 4.69) is 35.5 Å². The van der Waals surface area contributed by atoms with Gasteiger partial charge in [-0.05, 0) is 73.5 Å². The quantitative estimate of drug-likeness (QED) is 0.123. The highest BCUT2D eigenvalue weighted by molar-refractivity contribution is 6.03. The predicted octanol–water partition coefficient (Wildman–Crippen LogP) is 8.29. The first-order valence-corrected chi connectivity index (χ1v) is 17.2. The zero-order valence-corrected chi connectivity index (χ0v) is 30.8. The van der Waals surface area contributed by atoms with Crippen LogP contribution in [-0.4, -0.2) is 51.5 Å². The summed E-state index contributed by atoms with van der Waals surface area (Å²) in [5, 5.41) is 11.1. The number of halogens is 6. The van der Waals surface area contributed by atoms with E-state index in [9.17, 15) is 35.9 Å². The second kappa shape index (κ2) is 17.2. The number of carbonyl (C=O) groups is 2. The Labute approximate surface area is 330 Å². The van der Waals surface area contributed by atoms with Gasteiger partial charge in [0.05, 0.1) is 34.9 Å². The van der Waals surface area contributed by atoms with E-state index < -0.39 is 29.4 Å². The Morgan fingerprint density at radius 2 is 1.17 bits per heavy atom. The first-order valence-electron chi connectivity index (χ1n) is 17.2. The largest absolute Gasteiger partial charge is 0.417 e. The number of nitrogen functional groups attached to an aromatic ring is 1. The van der Waals surface area contributed by atoms with E-state index in [1.807, 2.05) is 0 Å². The zero-order valence-electron chi connectivity index (χ0n) is 30.8. The number of fused-ring (bicyclic) bond motifs is 2. The third-order valence-corrected chi connectivity index (χ3v) is 8.33. The number of anilines is 2. The van der Waals surface area contributed by atoms with Crippen molar-refractivity contribution in [2.24, 2.45) is 0 Å². The molecule has 2 aromatic carbocycles. The third kappa shape index (κ3) is 9.47. The Bertz CT molecular complexity index is 2740. The molecule has 0 atom stereocenters. The Morgan fingerprint density at radius 3 is 1.66 bits per heavy atom. The fourth-order valence-electron chi connectivity index (χ4n) is 5.67. The van der Waals surface area contributed by atoms with Gasteiger partial charge in [0.15, 0.2) is 17.0 Å². The van der Waals surface area contributed by atoms with Gasteiger partial charge in [0.25, 0.3) is 12.4 Å². The van der Waals surface area contributed by atoms with Crippen LogP contribution < -0.4 is 15.8 Å². The molecule has 19 heteroatoms. The summed E-state index contributed by atoms with van der Waals surface area (Å²) in [5.74, 6) is -0.457. The van der Waals surface area contributed by atoms with E-state index in [1.165, 1.54) is 82.3 Å². The number of benzene rings is 2. The van der Waals surface area contributed by atoms with Crippen LogP contribution in [0.3, 0.4) is 0 Å². The lowest BCUT2D eigenvalue weighted by molar-refractivity contribution is -0.137. The summed E-state index contributed by atoms with van der Waals surface area (Å²) in [6.45, 7) is 3.60. The maximum atomic E-state index is 13.4. The monoisotopic (exact) mass is 812 g/mol. The second-order valence-corrected chi connectivity index (χ2v) is 12.4. The van der Waals surface area contributed by atoms with Crippen molar-refractivity contribution in [3.63, 3.8) is 0 Å². The van der Waals surface area contributed by atoms with Crippen LogP contribution in [0.5, 0.6) is 5.88 Å². The van der Waals surface area contributed by atoms with Gasteiger partial charge >= 0.3 is 12.4 Å². The number of ether oxygens (including phenoxy) is 1. The molecule has 6 aromatic heterocycles. The first-order chi connectivity index (χ1) is 28.2. The SMILES string of the molecule is Cc1cc(-c2ccccc2C(F)(F)F)nn2c(C(=O)Nc3ccncc3)cnc12.Cc1cc(-c2ccccc2C(F)(F)F)nn2c(OC=O)cnc12.Nc1ccncc1. The molecular weight excluding hydrogens is 782 g/mol. The normalized spacial score (nSPS) is 11.3. The van der Waals surface area contributed by atoms with Crippen LogP contribution in [0.4, 0.5) is 37.7 Å². The van der Waals surface area contributed by atoms with Gasteiger partial charge in [-0.3, -0.25) is 19.6 Å². The van der Waals surface area contributed by atoms with Crippen molar-refractivity contribution in [2.45, 2.75) is 26.2 Å². The van der Waals surface area contributed by atoms with Crippen molar-refractivity contribution in [1.82, 2.24) is 39.2 Å². The lowest BCUT2D eigenvalue weighted by Gasteiger charge is -2.13. The molecule has 0 saturated heterocycles. The van der Waals surface area contributed by atoms with Crippen molar-refractivity contribution in [2.75, 3.05) is 11.1 Å². The van der Waals surface area contributed by atoms with Crippen molar-refractivity contribution < 1.29 is 40.7 Å². The molecule has 13 nitrogen and oxygen atoms in total. The summed E-state index contributed by atoms with van der Waals surface area (Å²) < 4.78 is 87.0. The number of alkyl halides is 6. The molecule has 3 N–H and O–H groups in total. The molecule has 8 aromatic rings. The van der Waals surface area contributed by atoms with Gasteiger partial charge in [-0.25, -0.2) is 14.5 Å². The van der Waals surface area contributed by atoms with Gasteiger partial charge in [0, 0.05) is 47.3 Å². The minimum absolute atomic E-state index is 0.0319. The molecule has 0 aliphatic heterocycles. The van der Waals surface area contributed by atoms with Gasteiger partial charge in [-0.2, -0.15) is 41.1 Å². The van der Waals surface area contributed by atoms with Crippen molar-refractivity contribution in [3.05, 3.63) is 150 Å². The number of amides is 1. The lowest BCUT2D eigenvalue weighted by Crippen LogP contribution is -2.16. The van der Waals surface area contributed by atoms with Gasteiger partial charge < -0.3 is 15.8 Å². The molecule has 59 heavy (non-hydrogen) atoms. The Morgan fingerprint density at radius 1 is 0.695 bits per heavy atom. The van der Waals surface area contributed by atoms with E-state index in [4.69, 9.17) is 10.5 Å². The molecule has 1 amide bonds. The number of carbonyl (C=O) groups excluding carboxylic acids is 2. The van der Waals surface area contributed by atoms with Crippen LogP contribution in [0, 0.1) is 13.8 Å². The number of imidazole rings is 2. The fraction of sp³-hybridized carbons (Fsp3) is 0.100. The predicted molar refractivity (Wildman–Crippen MR) is 204 cm³/mol. The summed E-state index contributed by atoms with van der Waals surface area (Å²) in [5.41, 5.74) is 7.18. The minimum atomic E-state index is -4.53. The lowest BCUT2D eigenvalue weighted by atomic mass is 10.0. The summed E-state index contributed by atoms with van der Waals surface area (Å²) in [7, 11) is 0. The summed E-state index contributed by atoms with van der Waals surface area (Å²) in [4.78, 5) is 39.0. The molecular formula is C40H30F6N10O3. The van der Waals surface area contributed by atoms with E-state index in [0.717, 1.165) is 17.8 Å². The highest BCUT2D eigenvalue weighted by Gasteiger charge is 2.35. The van der Waals surface area contributed by atoms with E-state index in [0.29, 0.717) is 28.1 Å². The highest BCUT2D eigenvalue weighted by Crippen LogP contribution is 2.38. The van der Waals surface area contributed by atoms with Gasteiger partial charge in [-0.1, -0.05) is 36.4 Å². The maximum absolute atomic E-state index is 13.4. The maximum Gasteiger partial charge on any atom is 0.417 e. The van der Waals surface area contributed by atoms with Crippen LogP contribution in [0.2, 0.25) is 0 Å². The number of aryl methyl sites for hydroxylation is 2. The van der Waals surface area contributed by atoms with Gasteiger partial charge in [-0.15, -0.1) is 0 Å². The van der Waals surface area contributed by atoms with Crippen molar-refractivity contribution in [1.29, 1.82) is 0 Å². The number of rotatable bonds is 6. The second-order valence-electron chi connectivity index (χ2n) is 12.4. The van der Waals surface area contributed by atoms with E-state index >= 15 is 0 Å². The number of pyridine rings is 2. The molecule has 0 spiro atoms. The number of aromatic nitrogens is 8. The van der Waals surface area contributed by atoms with Crippen LogP contribution in [-0.2, 0) is 17.1 Å². The average Bonchev–Trinajstić information content (AvgIpc) is 3.84. The van der Waals surface area contributed by atoms with Crippen LogP contribution >= 0.6 is 0 Å². The minimum Gasteiger partial charge on any atom is -0.408 e. The number of nitrogens with zero attached hydrogens (tertiary/aromatic N) is 8. The molecule has 0 aliphatic carbocycles. The van der Waals surface area contributed by atoms with Gasteiger partial charge in [0.2, 0.25) is 5.88 Å². The Balaban J connectivity index is 0.000000173. The van der Waals surface area contributed by atoms with Crippen LogP contribution in [0.1, 0.15) is 32.7 Å². The summed E-state index contributed by atoms with van der Waals surface area (Å²) in [6.07, 6.45) is -0.0354. The molecule has 8 rings (SSSR count). The van der Waals surface area contributed by atoms with Gasteiger partial charge in [0.1, 0.15) is 0 Å². The smallest absolute Gasteiger partial charge is 0.408 e. The molecule has 300 valence electrons. The molecule has 0 unspecified atom stereocenters. The van der Waals surface area contributed by atoms with E-state index in [-0.39, 0.29) is 40.6 Å². The highest BCUT2D eigenvalue weighted by atomic mass is 19.4. The average molecular weight is 813 g/mol. The standard InChI is InChI=1S/C20H14F3N5O.C15H10F3N3O2.C5H6N2/c1-12-10-16(14-4-2-3-5-15(14)20(21,22)23)27-28-17(11-25-18(12)28)19(29)26-13-6-8-24-9-7-13;1-9-6-12(10-4-2-3-5-11(10)15(16,17)18)20-21-13(23-8-22)7-19-14(9)21;6-5-1-3-7-4-2-5/h2-11H,1H3,(H,24,26,29);2-8H,1H3;1-4H,(H2,6,7). The number of hydrogen-bond acceptors (Lipinski definition) is 10. The zero-order chi connectivity index (χ0) is 42.3. The number of nitrogens with one attached hydrogen (secondary N) is 1. The fourth-order valence-corrected chi connectivity index (χ4v) is 5.67. The Hall–Kier alpha value is -7.70. The van der Waals surface area contributed by atoms with Crippen molar-refractivity contribution in [3.8, 4) is 28.4 Å². The molecule has 6 heterocycles. The summed E-state index contributed by atoms with van der Waals surface area (Å²) in [6, 6.07) is 20.1. The third-order valence-electron chi connectivity index (χ3n) is 8.33. The Kier molecular flexibility index (Phi) is 11.9. The molecule has 0 fully saturated rings. The number of nitrogens with two attached hydrogens (primary N) is 1. The number of hydrogen-bond donors (Lipinski definition) is 2. The molecule has 0 radical (unpaired) electrons. The topological polar surface area (TPSA) is 168 Å². The van der Waals surface area contributed by atoms with Crippen LogP contribution in [0.15, 0.2) is 122 Å².